The lowest BCUT2D eigenvalue weighted by Gasteiger charge is -2.19. The minimum absolute atomic E-state index is 0.0235. The number of nitrogens with two attached hydrogens (primary N) is 1. The Bertz CT molecular complexity index is 518. The highest BCUT2D eigenvalue weighted by atomic mass is 32.2. The third-order valence-electron chi connectivity index (χ3n) is 3.55. The van der Waals surface area contributed by atoms with Crippen molar-refractivity contribution in [1.82, 2.24) is 10.3 Å². The van der Waals surface area contributed by atoms with Gasteiger partial charge in [-0.2, -0.15) is 11.8 Å². The van der Waals surface area contributed by atoms with Crippen molar-refractivity contribution < 1.29 is 10.0 Å². The second-order valence-corrected chi connectivity index (χ2v) is 6.44. The maximum atomic E-state index is 12.2. The quantitative estimate of drug-likeness (QED) is 0.332. The predicted molar refractivity (Wildman–Crippen MR) is 83.8 cm³/mol. The molecule has 21 heavy (non-hydrogen) atoms. The van der Waals surface area contributed by atoms with E-state index in [4.69, 9.17) is 10.9 Å². The lowest BCUT2D eigenvalue weighted by molar-refractivity contribution is 0.0933. The van der Waals surface area contributed by atoms with E-state index in [1.54, 1.807) is 12.1 Å². The fourth-order valence-electron chi connectivity index (χ4n) is 2.48. The first kappa shape index (κ1) is 15.6. The van der Waals surface area contributed by atoms with Crippen LogP contribution in [0.5, 0.6) is 0 Å². The summed E-state index contributed by atoms with van der Waals surface area (Å²) in [6.45, 7) is 2.13. The maximum absolute atomic E-state index is 12.2. The molecule has 4 N–H and O–H groups in total. The van der Waals surface area contributed by atoms with Crippen LogP contribution in [0.15, 0.2) is 23.5 Å². The number of carbonyl (C=O) groups is 1. The highest BCUT2D eigenvalue weighted by Crippen LogP contribution is 2.29. The number of hydrogen-bond acceptors (Lipinski definition) is 5. The smallest absolute Gasteiger partial charge is 0.270 e. The predicted octanol–water partition coefficient (Wildman–Crippen LogP) is 1.58. The number of oxime groups is 1. The number of amides is 1. The topological polar surface area (TPSA) is 101 Å². The molecule has 1 fully saturated rings. The van der Waals surface area contributed by atoms with Gasteiger partial charge in [0.1, 0.15) is 5.69 Å². The maximum Gasteiger partial charge on any atom is 0.270 e. The number of amidine groups is 1. The van der Waals surface area contributed by atoms with Crippen LogP contribution < -0.4 is 11.1 Å². The van der Waals surface area contributed by atoms with Crippen LogP contribution >= 0.6 is 11.8 Å². The van der Waals surface area contributed by atoms with E-state index < -0.39 is 0 Å². The molecule has 0 saturated heterocycles. The van der Waals surface area contributed by atoms with Gasteiger partial charge in [0.2, 0.25) is 0 Å². The molecule has 1 aliphatic carbocycles. The van der Waals surface area contributed by atoms with Crippen molar-refractivity contribution in [2.45, 2.75) is 37.5 Å². The van der Waals surface area contributed by atoms with Crippen molar-refractivity contribution in [3.63, 3.8) is 0 Å². The SMILES string of the molecule is CCSC1CCCC1NC(=O)c1ccc(/C(N)=N/O)cn1. The van der Waals surface area contributed by atoms with Crippen molar-refractivity contribution in [2.24, 2.45) is 10.9 Å². The number of nitrogens with zero attached hydrogens (tertiary/aromatic N) is 2. The normalized spacial score (nSPS) is 22.2. The van der Waals surface area contributed by atoms with E-state index in [0.717, 1.165) is 25.0 Å². The first-order chi connectivity index (χ1) is 10.2. The zero-order valence-corrected chi connectivity index (χ0v) is 12.8. The summed E-state index contributed by atoms with van der Waals surface area (Å²) in [5.41, 5.74) is 6.29. The molecule has 0 bridgehead atoms. The van der Waals surface area contributed by atoms with E-state index in [1.807, 2.05) is 11.8 Å². The second kappa shape index (κ2) is 7.31. The van der Waals surface area contributed by atoms with Crippen LogP contribution in [0.3, 0.4) is 0 Å². The number of pyridine rings is 1. The fourth-order valence-corrected chi connectivity index (χ4v) is 3.68. The Labute approximate surface area is 128 Å². The van der Waals surface area contributed by atoms with Crippen molar-refractivity contribution in [3.8, 4) is 0 Å². The van der Waals surface area contributed by atoms with Gasteiger partial charge in [-0.25, -0.2) is 0 Å². The lowest BCUT2D eigenvalue weighted by Crippen LogP contribution is -2.39. The summed E-state index contributed by atoms with van der Waals surface area (Å²) in [4.78, 5) is 16.3. The van der Waals surface area contributed by atoms with Crippen LogP contribution in [-0.2, 0) is 0 Å². The zero-order valence-electron chi connectivity index (χ0n) is 12.0. The molecule has 1 amide bonds. The average Bonchev–Trinajstić information content (AvgIpc) is 2.94. The summed E-state index contributed by atoms with van der Waals surface area (Å²) in [5, 5.41) is 15.0. The van der Waals surface area contributed by atoms with Crippen LogP contribution in [0.25, 0.3) is 0 Å². The number of carbonyl (C=O) groups excluding carboxylic acids is 1. The van der Waals surface area contributed by atoms with Crippen LogP contribution in [0.1, 0.15) is 42.2 Å². The van der Waals surface area contributed by atoms with Crippen molar-refractivity contribution in [1.29, 1.82) is 0 Å². The highest BCUT2D eigenvalue weighted by molar-refractivity contribution is 7.99. The van der Waals surface area contributed by atoms with Gasteiger partial charge in [0.25, 0.3) is 5.91 Å². The molecule has 114 valence electrons. The molecule has 1 aromatic heterocycles. The first-order valence-electron chi connectivity index (χ1n) is 7.02. The van der Waals surface area contributed by atoms with Crippen LogP contribution in [0, 0.1) is 0 Å². The van der Waals surface area contributed by atoms with Gasteiger partial charge in [-0.05, 0) is 30.7 Å². The number of nitrogens with one attached hydrogen (secondary N) is 1. The Hall–Kier alpha value is -1.76. The molecule has 1 aliphatic rings. The summed E-state index contributed by atoms with van der Waals surface area (Å²) in [5.74, 6) is 0.864. The zero-order chi connectivity index (χ0) is 15.2. The summed E-state index contributed by atoms with van der Waals surface area (Å²) < 4.78 is 0. The van der Waals surface area contributed by atoms with Crippen LogP contribution in [-0.4, -0.2) is 39.0 Å². The Balaban J connectivity index is 2.00. The van der Waals surface area contributed by atoms with Gasteiger partial charge >= 0.3 is 0 Å². The van der Waals surface area contributed by atoms with Gasteiger partial charge in [-0.1, -0.05) is 18.5 Å². The molecule has 2 rings (SSSR count). The molecule has 7 heteroatoms. The summed E-state index contributed by atoms with van der Waals surface area (Å²) in [7, 11) is 0. The van der Waals surface area contributed by atoms with E-state index in [9.17, 15) is 4.79 Å². The van der Waals surface area contributed by atoms with Gasteiger partial charge in [0, 0.05) is 23.1 Å². The molecule has 0 spiro atoms. The number of rotatable bonds is 5. The molecule has 6 nitrogen and oxygen atoms in total. The van der Waals surface area contributed by atoms with E-state index in [0.29, 0.717) is 16.5 Å². The van der Waals surface area contributed by atoms with E-state index in [1.165, 1.54) is 6.20 Å². The monoisotopic (exact) mass is 308 g/mol. The summed E-state index contributed by atoms with van der Waals surface area (Å²) in [6, 6.07) is 3.41. The Morgan fingerprint density at radius 1 is 1.57 bits per heavy atom. The molecule has 1 heterocycles. The van der Waals surface area contributed by atoms with Crippen molar-refractivity contribution in [3.05, 3.63) is 29.6 Å². The van der Waals surface area contributed by atoms with Gasteiger partial charge in [0.05, 0.1) is 0 Å². The Kier molecular flexibility index (Phi) is 5.44. The molecule has 0 aliphatic heterocycles. The van der Waals surface area contributed by atoms with Crippen LogP contribution in [0.4, 0.5) is 0 Å². The second-order valence-electron chi connectivity index (χ2n) is 4.92. The third-order valence-corrected chi connectivity index (χ3v) is 4.88. The average molecular weight is 308 g/mol. The Morgan fingerprint density at radius 3 is 3.00 bits per heavy atom. The van der Waals surface area contributed by atoms with Gasteiger partial charge < -0.3 is 16.3 Å². The molecular formula is C14H20N4O2S. The molecule has 0 radical (unpaired) electrons. The lowest BCUT2D eigenvalue weighted by atomic mass is 10.2. The first-order valence-corrected chi connectivity index (χ1v) is 8.07. The molecule has 0 aromatic carbocycles. The minimum atomic E-state index is -0.172. The number of aromatic nitrogens is 1. The number of thioether (sulfide) groups is 1. The van der Waals surface area contributed by atoms with E-state index >= 15 is 0 Å². The summed E-state index contributed by atoms with van der Waals surface area (Å²) in [6.07, 6.45) is 4.75. The van der Waals surface area contributed by atoms with Gasteiger partial charge in [-0.15, -0.1) is 0 Å². The molecule has 2 unspecified atom stereocenters. The number of hydrogen-bond donors (Lipinski definition) is 3. The minimum Gasteiger partial charge on any atom is -0.409 e. The molecule has 1 saturated carbocycles. The highest BCUT2D eigenvalue weighted by Gasteiger charge is 2.28. The standard InChI is InChI=1S/C14H20N4O2S/c1-2-21-12-5-3-4-10(12)17-14(19)11-7-6-9(8-16-11)13(15)18-20/h6-8,10,12,20H,2-5H2,1H3,(H2,15,18)(H,17,19). The molecular weight excluding hydrogens is 288 g/mol. The Morgan fingerprint density at radius 2 is 2.38 bits per heavy atom. The molecule has 1 aromatic rings. The third kappa shape index (κ3) is 3.87. The van der Waals surface area contributed by atoms with Gasteiger partial charge in [0.15, 0.2) is 5.84 Å². The van der Waals surface area contributed by atoms with Crippen molar-refractivity contribution >= 4 is 23.5 Å². The largest absolute Gasteiger partial charge is 0.409 e. The van der Waals surface area contributed by atoms with E-state index in [2.05, 4.69) is 22.4 Å². The van der Waals surface area contributed by atoms with Crippen molar-refractivity contribution in [2.75, 3.05) is 5.75 Å². The molecule has 2 atom stereocenters. The van der Waals surface area contributed by atoms with Gasteiger partial charge in [-0.3, -0.25) is 9.78 Å². The van der Waals surface area contributed by atoms with Crippen LogP contribution in [0.2, 0.25) is 0 Å². The van der Waals surface area contributed by atoms with E-state index in [-0.39, 0.29) is 17.8 Å². The fraction of sp³-hybridized carbons (Fsp3) is 0.500. The summed E-state index contributed by atoms with van der Waals surface area (Å²) >= 11 is 1.90.